The van der Waals surface area contributed by atoms with Crippen molar-refractivity contribution in [3.8, 4) is 0 Å². The van der Waals surface area contributed by atoms with Crippen molar-refractivity contribution in [2.75, 3.05) is 54.9 Å². The van der Waals surface area contributed by atoms with Crippen molar-refractivity contribution < 1.29 is 43.3 Å². The van der Waals surface area contributed by atoms with Crippen molar-refractivity contribution in [2.24, 2.45) is 0 Å². The highest BCUT2D eigenvalue weighted by atomic mass is 35.5. The van der Waals surface area contributed by atoms with Gasteiger partial charge in [0, 0.05) is 18.4 Å². The molecule has 0 aliphatic carbocycles. The van der Waals surface area contributed by atoms with Gasteiger partial charge < -0.3 is 43.8 Å². The molecule has 164 valence electrons. The van der Waals surface area contributed by atoms with E-state index in [1.54, 1.807) is 0 Å². The number of halogens is 2. The summed E-state index contributed by atoms with van der Waals surface area (Å²) >= 11 is 0. The standard InChI is InChI=1S/C21H38N3O2.2ClH/c1-21(2,14-17-24(6,7)16-11-15-23(3,4)5)22-20(25)26-18-19-12-9-8-10-13-19;;/h8-10,12-13H,11,14-18H2,1-7H3;2*1H/q+1;;/p-1. The number of hydrogen-bond donors (Lipinski definition) is 1. The minimum atomic E-state index is -0.353. The normalized spacial score (nSPS) is 11.8. The van der Waals surface area contributed by atoms with Crippen molar-refractivity contribution in [1.82, 2.24) is 5.32 Å². The van der Waals surface area contributed by atoms with Gasteiger partial charge in [-0.3, -0.25) is 0 Å². The Morgan fingerprint density at radius 1 is 0.964 bits per heavy atom. The molecule has 7 heteroatoms. The molecule has 5 nitrogen and oxygen atoms in total. The predicted octanol–water partition coefficient (Wildman–Crippen LogP) is -2.74. The summed E-state index contributed by atoms with van der Waals surface area (Å²) in [6.07, 6.45) is 1.75. The Hall–Kier alpha value is -1.01. The minimum absolute atomic E-state index is 0. The Bertz CT molecular complexity index is 559. The number of quaternary nitrogens is 2. The fourth-order valence-corrected chi connectivity index (χ4v) is 2.77. The van der Waals surface area contributed by atoms with Crippen LogP contribution in [0.3, 0.4) is 0 Å². The van der Waals surface area contributed by atoms with E-state index in [2.05, 4.69) is 54.4 Å². The van der Waals surface area contributed by atoms with Gasteiger partial charge in [-0.15, -0.1) is 0 Å². The highest BCUT2D eigenvalue weighted by molar-refractivity contribution is 5.68. The number of benzene rings is 1. The Morgan fingerprint density at radius 2 is 1.54 bits per heavy atom. The monoisotopic (exact) mass is 435 g/mol. The van der Waals surface area contributed by atoms with Crippen LogP contribution < -0.4 is 30.1 Å². The first-order chi connectivity index (χ1) is 11.9. The summed E-state index contributed by atoms with van der Waals surface area (Å²) in [7, 11) is 11.2. The molecule has 0 aliphatic rings. The zero-order valence-electron chi connectivity index (χ0n) is 18.6. The van der Waals surface area contributed by atoms with Crippen molar-refractivity contribution in [2.45, 2.75) is 38.8 Å². The van der Waals surface area contributed by atoms with Gasteiger partial charge in [-0.2, -0.15) is 0 Å². The second-order valence-corrected chi connectivity index (χ2v) is 9.57. The van der Waals surface area contributed by atoms with E-state index in [-0.39, 0.29) is 36.4 Å². The lowest BCUT2D eigenvalue weighted by Gasteiger charge is -2.35. The van der Waals surface area contributed by atoms with Crippen LogP contribution in [0.5, 0.6) is 0 Å². The van der Waals surface area contributed by atoms with E-state index >= 15 is 0 Å². The third-order valence-corrected chi connectivity index (χ3v) is 4.59. The molecule has 0 saturated carbocycles. The summed E-state index contributed by atoms with van der Waals surface area (Å²) in [6, 6.07) is 9.74. The summed E-state index contributed by atoms with van der Waals surface area (Å²) in [5.41, 5.74) is 0.708. The van der Waals surface area contributed by atoms with Crippen LogP contribution >= 0.6 is 0 Å². The molecule has 0 heterocycles. The number of nitrogens with zero attached hydrogens (tertiary/aromatic N) is 2. The second kappa shape index (κ2) is 12.5. The molecule has 0 bridgehead atoms. The quantitative estimate of drug-likeness (QED) is 0.405. The maximum atomic E-state index is 12.1. The molecule has 0 aromatic heterocycles. The summed E-state index contributed by atoms with van der Waals surface area (Å²) < 4.78 is 7.30. The summed E-state index contributed by atoms with van der Waals surface area (Å²) in [5, 5.41) is 3.01. The molecule has 0 fully saturated rings. The number of ether oxygens (including phenoxy) is 1. The summed E-state index contributed by atoms with van der Waals surface area (Å²) in [4.78, 5) is 12.1. The zero-order chi connectivity index (χ0) is 19.8. The lowest BCUT2D eigenvalue weighted by atomic mass is 10.00. The van der Waals surface area contributed by atoms with Crippen LogP contribution in [0.1, 0.15) is 32.3 Å². The molecule has 1 amide bonds. The third kappa shape index (κ3) is 14.1. The molecular formula is C21H39Cl2N3O2. The van der Waals surface area contributed by atoms with Gasteiger partial charge in [0.1, 0.15) is 6.61 Å². The van der Waals surface area contributed by atoms with E-state index in [4.69, 9.17) is 4.74 Å². The lowest BCUT2D eigenvalue weighted by molar-refractivity contribution is -0.902. The Kier molecular flexibility index (Phi) is 13.1. The number of hydrogen-bond acceptors (Lipinski definition) is 2. The fraction of sp³-hybridized carbons (Fsp3) is 0.667. The molecule has 0 aliphatic heterocycles. The van der Waals surface area contributed by atoms with E-state index in [0.717, 1.165) is 34.0 Å². The van der Waals surface area contributed by atoms with Crippen LogP contribution in [-0.4, -0.2) is 75.5 Å². The predicted molar refractivity (Wildman–Crippen MR) is 108 cm³/mol. The largest absolute Gasteiger partial charge is 1.00 e. The van der Waals surface area contributed by atoms with Gasteiger partial charge in [0.05, 0.1) is 54.9 Å². The Morgan fingerprint density at radius 3 is 2.07 bits per heavy atom. The van der Waals surface area contributed by atoms with E-state index in [1.165, 1.54) is 13.0 Å². The average Bonchev–Trinajstić information content (AvgIpc) is 2.50. The molecule has 0 unspecified atom stereocenters. The highest BCUT2D eigenvalue weighted by Crippen LogP contribution is 2.13. The van der Waals surface area contributed by atoms with Gasteiger partial charge >= 0.3 is 6.09 Å². The van der Waals surface area contributed by atoms with Crippen LogP contribution in [-0.2, 0) is 11.3 Å². The molecule has 28 heavy (non-hydrogen) atoms. The van der Waals surface area contributed by atoms with Gasteiger partial charge in [0.2, 0.25) is 0 Å². The van der Waals surface area contributed by atoms with Gasteiger partial charge in [0.25, 0.3) is 0 Å². The van der Waals surface area contributed by atoms with Crippen molar-refractivity contribution in [3.05, 3.63) is 35.9 Å². The molecule has 0 saturated heterocycles. The minimum Gasteiger partial charge on any atom is -1.00 e. The van der Waals surface area contributed by atoms with Crippen LogP contribution in [0.15, 0.2) is 30.3 Å². The first-order valence-electron chi connectivity index (χ1n) is 9.50. The highest BCUT2D eigenvalue weighted by Gasteiger charge is 2.26. The molecule has 1 rings (SSSR count). The molecule has 1 aromatic rings. The molecule has 0 atom stereocenters. The van der Waals surface area contributed by atoms with E-state index in [1.807, 2.05) is 30.3 Å². The van der Waals surface area contributed by atoms with Gasteiger partial charge in [-0.25, -0.2) is 4.79 Å². The van der Waals surface area contributed by atoms with Crippen LogP contribution in [0.2, 0.25) is 0 Å². The molecule has 1 aromatic carbocycles. The number of rotatable bonds is 10. The summed E-state index contributed by atoms with van der Waals surface area (Å²) in [5.74, 6) is 0. The topological polar surface area (TPSA) is 38.3 Å². The summed E-state index contributed by atoms with van der Waals surface area (Å²) in [6.45, 7) is 7.75. The van der Waals surface area contributed by atoms with E-state index in [9.17, 15) is 4.79 Å². The van der Waals surface area contributed by atoms with Crippen molar-refractivity contribution in [1.29, 1.82) is 0 Å². The number of carbonyl (C=O) groups is 1. The Balaban J connectivity index is 0. The smallest absolute Gasteiger partial charge is 0.407 e. The van der Waals surface area contributed by atoms with Crippen LogP contribution in [0.4, 0.5) is 4.79 Å². The number of carbonyl (C=O) groups excluding carboxylic acids is 1. The van der Waals surface area contributed by atoms with Crippen LogP contribution in [0.25, 0.3) is 0 Å². The first-order valence-corrected chi connectivity index (χ1v) is 9.50. The number of alkyl carbamates (subject to hydrolysis) is 1. The zero-order valence-corrected chi connectivity index (χ0v) is 20.1. The molecule has 0 radical (unpaired) electrons. The SMILES string of the molecule is CC(C)(CC[N+](C)(C)CCC[N+](C)(C)C)NC(=O)OCc1ccccc1.[Cl-].[Cl-]. The maximum absolute atomic E-state index is 12.1. The van der Waals surface area contributed by atoms with E-state index < -0.39 is 0 Å². The van der Waals surface area contributed by atoms with Gasteiger partial charge in [0.15, 0.2) is 0 Å². The Labute approximate surface area is 184 Å². The van der Waals surface area contributed by atoms with Crippen LogP contribution in [0, 0.1) is 0 Å². The molecule has 1 N–H and O–H groups in total. The maximum Gasteiger partial charge on any atom is 0.407 e. The lowest BCUT2D eigenvalue weighted by Crippen LogP contribution is -3.00. The van der Waals surface area contributed by atoms with Crippen molar-refractivity contribution in [3.63, 3.8) is 0 Å². The fourth-order valence-electron chi connectivity index (χ4n) is 2.77. The number of amides is 1. The average molecular weight is 436 g/mol. The second-order valence-electron chi connectivity index (χ2n) is 9.57. The van der Waals surface area contributed by atoms with Gasteiger partial charge in [-0.05, 0) is 19.4 Å². The van der Waals surface area contributed by atoms with Gasteiger partial charge in [-0.1, -0.05) is 30.3 Å². The number of nitrogens with one attached hydrogen (secondary N) is 1. The first kappa shape index (κ1) is 29.2. The van der Waals surface area contributed by atoms with Crippen molar-refractivity contribution >= 4 is 6.09 Å². The third-order valence-electron chi connectivity index (χ3n) is 4.59. The van der Waals surface area contributed by atoms with E-state index in [0.29, 0.717) is 6.61 Å². The molecular weight excluding hydrogens is 397 g/mol. The molecule has 0 spiro atoms.